The zero-order valence-corrected chi connectivity index (χ0v) is 44.6. The predicted octanol–water partition coefficient (Wildman–Crippen LogP) is 2.31. The Morgan fingerprint density at radius 2 is 1.42 bits per heavy atom. The van der Waals surface area contributed by atoms with Crippen molar-refractivity contribution < 1.29 is 93.4 Å². The zero-order chi connectivity index (χ0) is 53.7. The van der Waals surface area contributed by atoms with E-state index in [-0.39, 0.29) is 40.6 Å². The third-order valence-corrected chi connectivity index (χ3v) is 20.5. The molecule has 19 nitrogen and oxygen atoms in total. The van der Waals surface area contributed by atoms with E-state index in [1.165, 1.54) is 19.4 Å². The van der Waals surface area contributed by atoms with Gasteiger partial charge in [0.05, 0.1) is 25.4 Å². The number of ether oxygens (including phenoxy) is 8. The van der Waals surface area contributed by atoms with Crippen molar-refractivity contribution in [3.05, 3.63) is 23.3 Å². The Hall–Kier alpha value is -2.18. The number of aliphatic hydroxyl groups excluding tert-OH is 9. The van der Waals surface area contributed by atoms with Gasteiger partial charge in [0.15, 0.2) is 18.9 Å². The fourth-order valence-electron chi connectivity index (χ4n) is 15.7. The first kappa shape index (κ1) is 57.0. The van der Waals surface area contributed by atoms with Gasteiger partial charge in [-0.25, -0.2) is 4.79 Å². The molecule has 0 aromatic heterocycles. The van der Waals surface area contributed by atoms with Gasteiger partial charge in [0.2, 0.25) is 0 Å². The van der Waals surface area contributed by atoms with Gasteiger partial charge in [-0.1, -0.05) is 66.2 Å². The number of aliphatic hydroxyl groups is 9. The second kappa shape index (κ2) is 20.6. The lowest BCUT2D eigenvalue weighted by molar-refractivity contribution is -0.394. The average Bonchev–Trinajstić information content (AvgIpc) is 3.33. The molecule has 0 spiro atoms. The van der Waals surface area contributed by atoms with E-state index in [0.29, 0.717) is 24.8 Å². The largest absolute Gasteiger partial charge is 0.465 e. The van der Waals surface area contributed by atoms with Gasteiger partial charge in [0.25, 0.3) is 0 Å². The Bertz CT molecular complexity index is 2080. The van der Waals surface area contributed by atoms with Gasteiger partial charge in [0, 0.05) is 23.3 Å². The van der Waals surface area contributed by atoms with Crippen molar-refractivity contribution in [2.75, 3.05) is 19.8 Å². The molecule has 3 heterocycles. The molecule has 0 radical (unpaired) electrons. The summed E-state index contributed by atoms with van der Waals surface area (Å²) in [6, 6.07) is 0. The van der Waals surface area contributed by atoms with Crippen LogP contribution in [-0.4, -0.2) is 182 Å². The normalized spacial score (nSPS) is 50.5. The second-order valence-corrected chi connectivity index (χ2v) is 25.1. The third kappa shape index (κ3) is 9.40. The highest BCUT2D eigenvalue weighted by Gasteiger charge is 2.71. The first-order valence-corrected chi connectivity index (χ1v) is 26.7. The van der Waals surface area contributed by atoms with Crippen LogP contribution in [0.3, 0.4) is 0 Å². The maximum atomic E-state index is 13.3. The summed E-state index contributed by atoms with van der Waals surface area (Å²) in [5.74, 6) is -0.726. The van der Waals surface area contributed by atoms with Gasteiger partial charge >= 0.3 is 11.9 Å². The molecule has 5 aliphatic carbocycles. The highest BCUT2D eigenvalue weighted by atomic mass is 16.8. The smallest absolute Gasteiger partial charge is 0.333 e. The summed E-state index contributed by atoms with van der Waals surface area (Å²) in [5, 5.41) is 99.0. The van der Waals surface area contributed by atoms with Crippen molar-refractivity contribution in [1.29, 1.82) is 0 Å². The van der Waals surface area contributed by atoms with Crippen molar-refractivity contribution in [2.45, 2.75) is 232 Å². The van der Waals surface area contributed by atoms with Crippen molar-refractivity contribution in [3.8, 4) is 0 Å². The number of rotatable bonds is 11. The average molecular weight is 1040 g/mol. The van der Waals surface area contributed by atoms with Crippen LogP contribution in [0.5, 0.6) is 0 Å². The van der Waals surface area contributed by atoms with E-state index in [4.69, 9.17) is 37.9 Å². The molecule has 0 aromatic rings. The predicted molar refractivity (Wildman–Crippen MR) is 258 cm³/mol. The van der Waals surface area contributed by atoms with Gasteiger partial charge in [-0.3, -0.25) is 4.79 Å². The summed E-state index contributed by atoms with van der Waals surface area (Å²) < 4.78 is 49.3. The number of carbonyl (C=O) groups is 2. The molecule has 8 rings (SSSR count). The highest BCUT2D eigenvalue weighted by Crippen LogP contribution is 2.76. The quantitative estimate of drug-likeness (QED) is 0.0621. The number of esters is 2. The van der Waals surface area contributed by atoms with Crippen LogP contribution >= 0.6 is 0 Å². The van der Waals surface area contributed by atoms with Crippen LogP contribution in [-0.2, 0) is 47.5 Å². The molecule has 0 aromatic carbocycles. The summed E-state index contributed by atoms with van der Waals surface area (Å²) in [4.78, 5) is 25.8. The van der Waals surface area contributed by atoms with Gasteiger partial charge in [-0.2, -0.15) is 0 Å². The Morgan fingerprint density at radius 3 is 2.08 bits per heavy atom. The van der Waals surface area contributed by atoms with Crippen molar-refractivity contribution in [2.24, 2.45) is 50.2 Å². The molecule has 73 heavy (non-hydrogen) atoms. The Kier molecular flexibility index (Phi) is 16.1. The van der Waals surface area contributed by atoms with Crippen LogP contribution in [0.25, 0.3) is 0 Å². The summed E-state index contributed by atoms with van der Waals surface area (Å²) in [6.45, 7) is 20.9. The molecular weight excluding hydrogens is 953 g/mol. The molecular formula is C54H86O19. The third-order valence-electron chi connectivity index (χ3n) is 20.5. The summed E-state index contributed by atoms with van der Waals surface area (Å²) in [5.41, 5.74) is -0.979. The molecule has 4 saturated carbocycles. The number of hydrogen-bond acceptors (Lipinski definition) is 19. The van der Waals surface area contributed by atoms with Crippen molar-refractivity contribution in [3.63, 3.8) is 0 Å². The number of carbonyl (C=O) groups excluding carboxylic acids is 2. The molecule has 0 bridgehead atoms. The molecule has 19 heteroatoms. The number of fused-ring (bicyclic) bond motifs is 7. The lowest BCUT2D eigenvalue weighted by Gasteiger charge is -2.72. The van der Waals surface area contributed by atoms with Crippen molar-refractivity contribution in [1.82, 2.24) is 0 Å². The second-order valence-electron chi connectivity index (χ2n) is 25.1. The van der Waals surface area contributed by atoms with Gasteiger partial charge in [-0.15, -0.1) is 0 Å². The van der Waals surface area contributed by atoms with E-state index in [1.807, 2.05) is 13.8 Å². The van der Waals surface area contributed by atoms with E-state index in [0.717, 1.165) is 32.1 Å². The van der Waals surface area contributed by atoms with Crippen LogP contribution < -0.4 is 0 Å². The van der Waals surface area contributed by atoms with Crippen molar-refractivity contribution >= 4 is 11.9 Å². The van der Waals surface area contributed by atoms with E-state index in [2.05, 4.69) is 40.7 Å². The topological polar surface area (TPSA) is 290 Å². The first-order chi connectivity index (χ1) is 34.0. The van der Waals surface area contributed by atoms with E-state index >= 15 is 0 Å². The lowest BCUT2D eigenvalue weighted by Crippen LogP contribution is -2.69. The first-order valence-electron chi connectivity index (χ1n) is 26.7. The highest BCUT2D eigenvalue weighted by molar-refractivity contribution is 5.87. The van der Waals surface area contributed by atoms with E-state index in [9.17, 15) is 55.5 Å². The summed E-state index contributed by atoms with van der Waals surface area (Å²) in [6.07, 6.45) is -14.0. The SMILES string of the molecule is CC=C(C)C(=O)O[C@H]1[C@H](O)[C@]2(COC(C)=O)CC[C@]3(C)C(=CC[C@@H]4[C@@]5(C)CC[C@H](O[C@@H]6O[C@H](CO)[C@@H](O)[C@H](O[C@H]7O[C@@H](C)[C@H](O)[C@@H](O)[C@H]7O)[C@H]6O[C@@H]6OC[C@@H](O)[C@H](O)[C@H]6O)C(C)(C)[C@@H]5CC[C@]43C)[C@H]2CC1(C)C. The Morgan fingerprint density at radius 1 is 0.753 bits per heavy atom. The maximum Gasteiger partial charge on any atom is 0.333 e. The number of allylic oxidation sites excluding steroid dienone is 3. The van der Waals surface area contributed by atoms with Gasteiger partial charge in [0.1, 0.15) is 79.9 Å². The molecule has 24 atom stereocenters. The van der Waals surface area contributed by atoms with E-state index < -0.39 is 146 Å². The summed E-state index contributed by atoms with van der Waals surface area (Å²) in [7, 11) is 0. The number of hydrogen-bond donors (Lipinski definition) is 9. The zero-order valence-electron chi connectivity index (χ0n) is 44.6. The molecule has 0 unspecified atom stereocenters. The Balaban J connectivity index is 1.09. The fourth-order valence-corrected chi connectivity index (χ4v) is 15.7. The molecule has 8 aliphatic rings. The van der Waals surface area contributed by atoms with Gasteiger partial charge < -0.3 is 83.9 Å². The fraction of sp³-hybridized carbons (Fsp3) is 0.889. The molecule has 9 N–H and O–H groups in total. The minimum absolute atomic E-state index is 0.00737. The van der Waals surface area contributed by atoms with Crippen LogP contribution in [0.15, 0.2) is 23.3 Å². The van der Waals surface area contributed by atoms with Crippen LogP contribution in [0.2, 0.25) is 0 Å². The molecule has 0 amide bonds. The maximum absolute atomic E-state index is 13.3. The van der Waals surface area contributed by atoms with Crippen LogP contribution in [0, 0.1) is 50.2 Å². The Labute approximate surface area is 429 Å². The minimum atomic E-state index is -1.78. The molecule has 7 fully saturated rings. The molecule has 416 valence electrons. The monoisotopic (exact) mass is 1040 g/mol. The van der Waals surface area contributed by atoms with Crippen LogP contribution in [0.4, 0.5) is 0 Å². The molecule has 3 aliphatic heterocycles. The lowest BCUT2D eigenvalue weighted by atomic mass is 9.33. The summed E-state index contributed by atoms with van der Waals surface area (Å²) >= 11 is 0. The standard InChI is InChI=1S/C54H86O19/c1-12-25(2)45(65)73-44-43(64)54(24-67-27(4)56)20-19-52(10)28(29(54)21-49(44,5)6)13-14-33-51(9)17-16-34(50(7,8)32(51)15-18-53(33,52)11)70-48-42(72-46-39(62)36(59)30(57)23-66-46)41(37(60)31(22-55)69-48)71-47-40(63)38(61)35(58)26(3)68-47/h12-13,26,29-44,46-48,55,57-64H,14-24H2,1-11H3/t26-,29+,30+,31+,32-,33+,34-,35-,36-,37+,38+,39+,40+,41-,42+,43-,44-,46-,47+,48-,51-,52+,53+,54-/m0/s1. The van der Waals surface area contributed by atoms with Crippen LogP contribution in [0.1, 0.15) is 128 Å². The van der Waals surface area contributed by atoms with Gasteiger partial charge in [-0.05, 0) is 112 Å². The minimum Gasteiger partial charge on any atom is -0.465 e. The van der Waals surface area contributed by atoms with E-state index in [1.54, 1.807) is 19.9 Å². The molecule has 3 saturated heterocycles.